The van der Waals surface area contributed by atoms with E-state index >= 15 is 0 Å². The van der Waals surface area contributed by atoms with E-state index in [4.69, 9.17) is 35.7 Å². The lowest BCUT2D eigenvalue weighted by Crippen LogP contribution is -2.03. The Balaban J connectivity index is 0.000000214. The van der Waals surface area contributed by atoms with Gasteiger partial charge in [0.2, 0.25) is 0 Å². The molecule has 12 nitrogen and oxygen atoms in total. The Morgan fingerprint density at radius 3 is 1.35 bits per heavy atom. The van der Waals surface area contributed by atoms with Crippen LogP contribution in [0.2, 0.25) is 0 Å². The lowest BCUT2D eigenvalue weighted by atomic mass is 9.90. The zero-order valence-corrected chi connectivity index (χ0v) is 47.2. The van der Waals surface area contributed by atoms with Gasteiger partial charge in [-0.3, -0.25) is 9.97 Å². The van der Waals surface area contributed by atoms with Gasteiger partial charge in [0, 0.05) is 34.3 Å². The lowest BCUT2D eigenvalue weighted by molar-refractivity contribution is 0.0591. The molecule has 404 valence electrons. The molecule has 1 N–H and O–H groups in total. The van der Waals surface area contributed by atoms with Crippen LogP contribution in [0, 0.1) is 0 Å². The highest BCUT2D eigenvalue weighted by Crippen LogP contribution is 2.30. The van der Waals surface area contributed by atoms with E-state index in [9.17, 15) is 9.59 Å². The number of aromatic hydroxyl groups is 1. The van der Waals surface area contributed by atoms with Crippen LogP contribution in [0.1, 0.15) is 144 Å². The Kier molecular flexibility index (Phi) is 24.4. The predicted octanol–water partition coefficient (Wildman–Crippen LogP) is 16.2. The summed E-state index contributed by atoms with van der Waals surface area (Å²) in [7, 11) is 2.60. The Morgan fingerprint density at radius 1 is 0.519 bits per heavy atom. The summed E-state index contributed by atoms with van der Waals surface area (Å²) in [4.78, 5) is 39.3. The molecule has 0 radical (unpaired) electrons. The highest BCUT2D eigenvalue weighted by molar-refractivity contribution is 7.10. The standard InChI is InChI=1S/C31H34N2O4S.C24H28ClNOS.C7H7NO3/c1-4-6-23(7-5-2)24-10-8-22(9-11-24)19-36-27-14-12-25(13-15-27)29-21-38-30(33-29)20-37-28-16-26(17-32-18-28)31(34)35-3;1-3-5-19(6-4-2)20-9-7-18(8-10-20)16-27-22-13-11-21(12-14-22)23-17-28-24(15-25)26-23;1-11-7(10)5-2-6(9)4-8-3-5/h8-18,21,23H,4-7,19-20H2,1-3H3;7-14,17,19H,3-6,15-16H2,1-2H3;2-4,9H,1H3. The summed E-state index contributed by atoms with van der Waals surface area (Å²) in [6.45, 7) is 10.4. The first-order valence-corrected chi connectivity index (χ1v) is 28.3. The van der Waals surface area contributed by atoms with Crippen LogP contribution in [0.25, 0.3) is 22.5 Å². The number of carbonyl (C=O) groups excluding carboxylic acids is 2. The minimum atomic E-state index is -0.506. The number of halogens is 1. The summed E-state index contributed by atoms with van der Waals surface area (Å²) in [6, 6.07) is 36.8. The van der Waals surface area contributed by atoms with Gasteiger partial charge in [-0.05, 0) is 120 Å². The Labute approximate surface area is 466 Å². The number of methoxy groups -OCH3 is 2. The van der Waals surface area contributed by atoms with Gasteiger partial charge in [-0.25, -0.2) is 19.6 Å². The van der Waals surface area contributed by atoms with Crippen LogP contribution in [-0.4, -0.2) is 51.2 Å². The third-order valence-electron chi connectivity index (χ3n) is 12.4. The summed E-state index contributed by atoms with van der Waals surface area (Å²) in [5, 5.41) is 14.7. The molecular weight excluding hydrogens is 1030 g/mol. The molecule has 4 aromatic carbocycles. The molecular formula is C62H69ClN4O8S2. The fraction of sp³-hybridized carbons (Fsp3) is 0.323. The largest absolute Gasteiger partial charge is 0.506 e. The number of benzene rings is 4. The Hall–Kier alpha value is -7.13. The van der Waals surface area contributed by atoms with Crippen molar-refractivity contribution in [3.63, 3.8) is 0 Å². The summed E-state index contributed by atoms with van der Waals surface area (Å²) in [5.41, 5.74) is 9.79. The molecule has 0 amide bonds. The van der Waals surface area contributed by atoms with Crippen molar-refractivity contribution < 1.29 is 38.4 Å². The SMILES string of the molecule is CCCC(CCC)c1ccc(COc2ccc(-c3csc(CCl)n3)cc2)cc1.CCCC(CCC)c1ccc(COc2ccc(-c3csc(COc4cncc(C(=O)OC)c4)n3)cc2)cc1.COC(=O)c1cncc(O)c1. The molecule has 8 aromatic rings. The van der Waals surface area contributed by atoms with Crippen LogP contribution in [0.15, 0.2) is 145 Å². The van der Waals surface area contributed by atoms with E-state index in [0.717, 1.165) is 44.0 Å². The van der Waals surface area contributed by atoms with Crippen molar-refractivity contribution in [3.05, 3.63) is 188 Å². The number of nitrogens with zero attached hydrogens (tertiary/aromatic N) is 4. The molecule has 4 heterocycles. The molecule has 0 bridgehead atoms. The van der Waals surface area contributed by atoms with Crippen LogP contribution in [-0.2, 0) is 35.2 Å². The molecule has 0 saturated heterocycles. The number of ether oxygens (including phenoxy) is 5. The smallest absolute Gasteiger partial charge is 0.339 e. The maximum Gasteiger partial charge on any atom is 0.339 e. The molecule has 0 aliphatic rings. The highest BCUT2D eigenvalue weighted by Gasteiger charge is 2.13. The van der Waals surface area contributed by atoms with E-state index in [-0.39, 0.29) is 17.9 Å². The Morgan fingerprint density at radius 2 is 0.935 bits per heavy atom. The van der Waals surface area contributed by atoms with Crippen molar-refractivity contribution in [1.29, 1.82) is 0 Å². The third kappa shape index (κ3) is 18.8. The van der Waals surface area contributed by atoms with Crippen molar-refractivity contribution in [2.75, 3.05) is 14.2 Å². The maximum atomic E-state index is 11.7. The van der Waals surface area contributed by atoms with E-state index in [1.54, 1.807) is 23.6 Å². The summed E-state index contributed by atoms with van der Waals surface area (Å²) < 4.78 is 26.9. The van der Waals surface area contributed by atoms with Gasteiger partial charge < -0.3 is 28.8 Å². The summed E-state index contributed by atoms with van der Waals surface area (Å²) >= 11 is 8.95. The van der Waals surface area contributed by atoms with E-state index in [2.05, 4.69) is 101 Å². The van der Waals surface area contributed by atoms with Crippen LogP contribution in [0.5, 0.6) is 23.0 Å². The molecule has 0 atom stereocenters. The number of alkyl halides is 1. The van der Waals surface area contributed by atoms with E-state index < -0.39 is 11.9 Å². The minimum absolute atomic E-state index is 0.0482. The van der Waals surface area contributed by atoms with E-state index in [0.29, 0.717) is 42.2 Å². The number of hydrogen-bond donors (Lipinski definition) is 1. The zero-order chi connectivity index (χ0) is 54.8. The lowest BCUT2D eigenvalue weighted by Gasteiger charge is -2.16. The monoisotopic (exact) mass is 1100 g/mol. The van der Waals surface area contributed by atoms with Gasteiger partial charge >= 0.3 is 11.9 Å². The first kappa shape index (κ1) is 59.1. The Bertz CT molecular complexity index is 2990. The zero-order valence-electron chi connectivity index (χ0n) is 44.8. The molecule has 0 saturated carbocycles. The second-order valence-corrected chi connectivity index (χ2v) is 20.3. The third-order valence-corrected chi connectivity index (χ3v) is 14.5. The van der Waals surface area contributed by atoms with Crippen LogP contribution >= 0.6 is 34.3 Å². The van der Waals surface area contributed by atoms with Crippen molar-refractivity contribution in [1.82, 2.24) is 19.9 Å². The topological polar surface area (TPSA) is 152 Å². The number of esters is 2. The molecule has 4 aromatic heterocycles. The van der Waals surface area contributed by atoms with Crippen LogP contribution in [0.4, 0.5) is 0 Å². The fourth-order valence-corrected chi connectivity index (χ4v) is 10.1. The fourth-order valence-electron chi connectivity index (χ4n) is 8.44. The molecule has 0 unspecified atom stereocenters. The molecule has 0 aliphatic heterocycles. The van der Waals surface area contributed by atoms with Gasteiger partial charge in [0.05, 0.1) is 55.0 Å². The van der Waals surface area contributed by atoms with Crippen molar-refractivity contribution in [2.24, 2.45) is 0 Å². The van der Waals surface area contributed by atoms with Crippen molar-refractivity contribution >= 4 is 46.2 Å². The van der Waals surface area contributed by atoms with Gasteiger partial charge in [0.1, 0.15) is 52.8 Å². The minimum Gasteiger partial charge on any atom is -0.506 e. The summed E-state index contributed by atoms with van der Waals surface area (Å²) in [5.74, 6) is 2.97. The highest BCUT2D eigenvalue weighted by atomic mass is 35.5. The molecule has 0 spiro atoms. The molecule has 8 rings (SSSR count). The van der Waals surface area contributed by atoms with E-state index in [1.807, 2.05) is 59.3 Å². The van der Waals surface area contributed by atoms with Crippen LogP contribution in [0.3, 0.4) is 0 Å². The number of aromatic nitrogens is 4. The number of hydrogen-bond acceptors (Lipinski definition) is 14. The van der Waals surface area contributed by atoms with Crippen molar-refractivity contribution in [3.8, 4) is 45.5 Å². The quantitative estimate of drug-likeness (QED) is 0.0453. The van der Waals surface area contributed by atoms with Gasteiger partial charge in [-0.15, -0.1) is 34.3 Å². The number of pyridine rings is 2. The molecule has 77 heavy (non-hydrogen) atoms. The molecule has 15 heteroatoms. The van der Waals surface area contributed by atoms with Gasteiger partial charge in [0.25, 0.3) is 0 Å². The second kappa shape index (κ2) is 31.8. The number of thiazole rings is 2. The maximum absolute atomic E-state index is 11.7. The molecule has 0 aliphatic carbocycles. The van der Waals surface area contributed by atoms with Gasteiger partial charge in [-0.1, -0.05) is 102 Å². The predicted molar refractivity (Wildman–Crippen MR) is 308 cm³/mol. The van der Waals surface area contributed by atoms with Gasteiger partial charge in [-0.2, -0.15) is 0 Å². The van der Waals surface area contributed by atoms with E-state index in [1.165, 1.54) is 124 Å². The first-order chi connectivity index (χ1) is 37.6. The second-order valence-electron chi connectivity index (χ2n) is 18.2. The first-order valence-electron chi connectivity index (χ1n) is 26.0. The van der Waals surface area contributed by atoms with Crippen molar-refractivity contribution in [2.45, 2.75) is 117 Å². The number of carbonyl (C=O) groups is 2. The average molecular weight is 1100 g/mol. The van der Waals surface area contributed by atoms with Crippen LogP contribution < -0.4 is 14.2 Å². The average Bonchev–Trinajstić information content (AvgIpc) is 4.17. The van der Waals surface area contributed by atoms with Gasteiger partial charge in [0.15, 0.2) is 0 Å². The summed E-state index contributed by atoms with van der Waals surface area (Å²) in [6.07, 6.45) is 15.5. The normalized spacial score (nSPS) is 10.8. The molecule has 0 fully saturated rings. The number of rotatable bonds is 24.